The second-order valence-corrected chi connectivity index (χ2v) is 9.47. The van der Waals surface area contributed by atoms with Crippen molar-refractivity contribution in [3.8, 4) is 0 Å². The highest BCUT2D eigenvalue weighted by atomic mass is 35.5. The first-order valence-electron chi connectivity index (χ1n) is 11.8. The maximum atomic E-state index is 13.5. The van der Waals surface area contributed by atoms with Crippen LogP contribution in [0.3, 0.4) is 0 Å². The summed E-state index contributed by atoms with van der Waals surface area (Å²) >= 11 is 5.99. The van der Waals surface area contributed by atoms with Crippen LogP contribution in [0, 0.1) is 5.82 Å². The van der Waals surface area contributed by atoms with E-state index in [0.29, 0.717) is 22.8 Å². The number of hydrogen-bond donors (Lipinski definition) is 0. The van der Waals surface area contributed by atoms with Crippen molar-refractivity contribution in [1.29, 1.82) is 0 Å². The monoisotopic (exact) mass is 495 g/mol. The molecule has 0 radical (unpaired) electrons. The predicted molar refractivity (Wildman–Crippen MR) is 140 cm³/mol. The molecule has 35 heavy (non-hydrogen) atoms. The molecule has 0 atom stereocenters. The van der Waals surface area contributed by atoms with Crippen molar-refractivity contribution in [3.63, 3.8) is 0 Å². The number of halogens is 2. The molecule has 3 aromatic rings. The number of benzene rings is 2. The van der Waals surface area contributed by atoms with Gasteiger partial charge in [-0.1, -0.05) is 17.7 Å². The Morgan fingerprint density at radius 1 is 0.971 bits per heavy atom. The van der Waals surface area contributed by atoms with Crippen molar-refractivity contribution in [2.75, 3.05) is 63.2 Å². The van der Waals surface area contributed by atoms with Crippen molar-refractivity contribution < 1.29 is 9.18 Å². The minimum Gasteiger partial charge on any atom is -0.354 e. The number of carbonyl (C=O) groups excluding carboxylic acids is 1. The van der Waals surface area contributed by atoms with Gasteiger partial charge in [-0.2, -0.15) is 0 Å². The number of piperazine rings is 1. The lowest BCUT2D eigenvalue weighted by atomic mass is 10.1. The molecule has 0 N–H and O–H groups in total. The lowest BCUT2D eigenvalue weighted by Gasteiger charge is -2.35. The molecule has 0 aliphatic carbocycles. The molecular weight excluding hydrogens is 465 g/mol. The number of pyridine rings is 1. The molecule has 6 nitrogen and oxygen atoms in total. The Bertz CT molecular complexity index is 1100. The number of likely N-dealkylation sites (N-methyl/N-ethyl adjacent to an activating group) is 1. The fourth-order valence-electron chi connectivity index (χ4n) is 4.07. The van der Waals surface area contributed by atoms with Crippen LogP contribution in [0.25, 0.3) is 0 Å². The summed E-state index contributed by atoms with van der Waals surface area (Å²) in [5.41, 5.74) is 2.02. The van der Waals surface area contributed by atoms with E-state index in [4.69, 9.17) is 11.6 Å². The molecule has 8 heteroatoms. The minimum atomic E-state index is -0.347. The molecular formula is C27H31ClFN5O. The van der Waals surface area contributed by atoms with Crippen LogP contribution < -0.4 is 9.80 Å². The van der Waals surface area contributed by atoms with Crippen LogP contribution in [0.5, 0.6) is 0 Å². The summed E-state index contributed by atoms with van der Waals surface area (Å²) in [7, 11) is 4.20. The quantitative estimate of drug-likeness (QED) is 0.463. The van der Waals surface area contributed by atoms with Gasteiger partial charge in [-0.3, -0.25) is 9.69 Å². The van der Waals surface area contributed by atoms with Crippen LogP contribution in [0.1, 0.15) is 15.9 Å². The number of carbonyl (C=O) groups is 1. The average molecular weight is 496 g/mol. The van der Waals surface area contributed by atoms with Crippen LogP contribution in [-0.4, -0.2) is 74.1 Å². The minimum absolute atomic E-state index is 0.189. The maximum Gasteiger partial charge on any atom is 0.258 e. The van der Waals surface area contributed by atoms with Gasteiger partial charge in [0.25, 0.3) is 5.91 Å². The SMILES string of the molecule is CN(C)CCN1CCN(c2ccc(CN(C(=O)c3ccc(Cl)cc3)c3ccc(F)cc3)cn2)CC1. The first kappa shape index (κ1) is 25.1. The van der Waals surface area contributed by atoms with Crippen molar-refractivity contribution in [2.45, 2.75) is 6.54 Å². The zero-order valence-electron chi connectivity index (χ0n) is 20.2. The predicted octanol–water partition coefficient (Wildman–Crippen LogP) is 4.40. The zero-order chi connectivity index (χ0) is 24.8. The highest BCUT2D eigenvalue weighted by Gasteiger charge is 2.20. The average Bonchev–Trinajstić information content (AvgIpc) is 2.87. The fraction of sp³-hybridized carbons (Fsp3) is 0.333. The molecule has 4 rings (SSSR count). The van der Waals surface area contributed by atoms with Crippen LogP contribution in [0.4, 0.5) is 15.9 Å². The van der Waals surface area contributed by atoms with E-state index in [1.165, 1.54) is 12.1 Å². The Hall–Kier alpha value is -3.00. The standard InChI is InChI=1S/C27H31ClFN5O/c1-31(2)13-14-32-15-17-33(18-16-32)26-12-3-21(19-30-26)20-34(25-10-8-24(29)9-11-25)27(35)22-4-6-23(28)7-5-22/h3-12,19H,13-18,20H2,1-2H3. The molecule has 1 aliphatic heterocycles. The number of rotatable bonds is 8. The Kier molecular flexibility index (Phi) is 8.33. The van der Waals surface area contributed by atoms with Crippen molar-refractivity contribution >= 4 is 29.0 Å². The molecule has 2 aromatic carbocycles. The third-order valence-corrected chi connectivity index (χ3v) is 6.44. The highest BCUT2D eigenvalue weighted by Crippen LogP contribution is 2.23. The first-order valence-corrected chi connectivity index (χ1v) is 12.2. The lowest BCUT2D eigenvalue weighted by Crippen LogP contribution is -2.48. The molecule has 1 aromatic heterocycles. The van der Waals surface area contributed by atoms with Crippen LogP contribution in [0.15, 0.2) is 66.9 Å². The summed E-state index contributed by atoms with van der Waals surface area (Å²) in [5, 5.41) is 0.563. The summed E-state index contributed by atoms with van der Waals surface area (Å²) < 4.78 is 13.5. The summed E-state index contributed by atoms with van der Waals surface area (Å²) in [6.07, 6.45) is 1.82. The van der Waals surface area contributed by atoms with Crippen molar-refractivity contribution in [3.05, 3.63) is 88.8 Å². The smallest absolute Gasteiger partial charge is 0.258 e. The molecule has 0 spiro atoms. The molecule has 1 fully saturated rings. The van der Waals surface area contributed by atoms with Gasteiger partial charge in [0, 0.05) is 61.7 Å². The van der Waals surface area contributed by atoms with E-state index in [1.807, 2.05) is 18.3 Å². The molecule has 1 aliphatic rings. The highest BCUT2D eigenvalue weighted by molar-refractivity contribution is 6.30. The molecule has 1 amide bonds. The van der Waals surface area contributed by atoms with Crippen molar-refractivity contribution in [1.82, 2.24) is 14.8 Å². The third kappa shape index (κ3) is 6.78. The van der Waals surface area contributed by atoms with E-state index in [9.17, 15) is 9.18 Å². The van der Waals surface area contributed by atoms with Crippen LogP contribution in [0.2, 0.25) is 5.02 Å². The summed E-state index contributed by atoms with van der Waals surface area (Å²) in [6, 6.07) is 16.7. The van der Waals surface area contributed by atoms with E-state index in [0.717, 1.165) is 50.6 Å². The largest absolute Gasteiger partial charge is 0.354 e. The Morgan fingerprint density at radius 2 is 1.66 bits per heavy atom. The van der Waals surface area contributed by atoms with Crippen LogP contribution in [-0.2, 0) is 6.54 Å². The summed E-state index contributed by atoms with van der Waals surface area (Å²) in [5.74, 6) is 0.407. The van der Waals surface area contributed by atoms with E-state index in [2.05, 4.69) is 33.8 Å². The van der Waals surface area contributed by atoms with Gasteiger partial charge in [0.2, 0.25) is 0 Å². The molecule has 0 saturated carbocycles. The normalized spacial score (nSPS) is 14.4. The topological polar surface area (TPSA) is 42.9 Å². The van der Waals surface area contributed by atoms with Crippen molar-refractivity contribution in [2.24, 2.45) is 0 Å². The van der Waals surface area contributed by atoms with Gasteiger partial charge in [-0.25, -0.2) is 9.37 Å². The summed E-state index contributed by atoms with van der Waals surface area (Å²) in [6.45, 7) is 6.38. The zero-order valence-corrected chi connectivity index (χ0v) is 21.0. The van der Waals surface area contributed by atoms with E-state index < -0.39 is 0 Å². The Balaban J connectivity index is 1.45. The molecule has 0 unspecified atom stereocenters. The van der Waals surface area contributed by atoms with Gasteiger partial charge >= 0.3 is 0 Å². The van der Waals surface area contributed by atoms with E-state index in [1.54, 1.807) is 41.3 Å². The van der Waals surface area contributed by atoms with Crippen LogP contribution >= 0.6 is 11.6 Å². The van der Waals surface area contributed by atoms with E-state index >= 15 is 0 Å². The van der Waals surface area contributed by atoms with Gasteiger partial charge in [-0.15, -0.1) is 0 Å². The van der Waals surface area contributed by atoms with Gasteiger partial charge in [-0.05, 0) is 74.3 Å². The number of anilines is 2. The number of aromatic nitrogens is 1. The molecule has 2 heterocycles. The fourth-order valence-corrected chi connectivity index (χ4v) is 4.20. The van der Waals surface area contributed by atoms with E-state index in [-0.39, 0.29) is 11.7 Å². The second-order valence-electron chi connectivity index (χ2n) is 9.03. The first-order chi connectivity index (χ1) is 16.9. The lowest BCUT2D eigenvalue weighted by molar-refractivity contribution is 0.0985. The molecule has 0 bridgehead atoms. The Morgan fingerprint density at radius 3 is 2.26 bits per heavy atom. The summed E-state index contributed by atoms with van der Waals surface area (Å²) in [4.78, 5) is 26.6. The second kappa shape index (κ2) is 11.6. The third-order valence-electron chi connectivity index (χ3n) is 6.18. The number of amides is 1. The van der Waals surface area contributed by atoms with Gasteiger partial charge in [0.05, 0.1) is 6.54 Å². The molecule has 1 saturated heterocycles. The van der Waals surface area contributed by atoms with Gasteiger partial charge in [0.15, 0.2) is 0 Å². The maximum absolute atomic E-state index is 13.5. The number of hydrogen-bond acceptors (Lipinski definition) is 5. The molecule has 184 valence electrons. The Labute approximate surface area is 211 Å². The van der Waals surface area contributed by atoms with Gasteiger partial charge < -0.3 is 14.7 Å². The van der Waals surface area contributed by atoms with Gasteiger partial charge in [0.1, 0.15) is 11.6 Å². The number of nitrogens with zero attached hydrogens (tertiary/aromatic N) is 5.